The summed E-state index contributed by atoms with van der Waals surface area (Å²) in [5, 5.41) is 10.5. The summed E-state index contributed by atoms with van der Waals surface area (Å²) in [5.41, 5.74) is 5.28. The van der Waals surface area contributed by atoms with Crippen LogP contribution in [0, 0.1) is 10.1 Å². The number of carbonyl (C=O) groups excluding carboxylic acids is 1. The summed E-state index contributed by atoms with van der Waals surface area (Å²) >= 11 is 0. The maximum Gasteiger partial charge on any atom is 0.270 e. The van der Waals surface area contributed by atoms with E-state index in [1.54, 1.807) is 0 Å². The van der Waals surface area contributed by atoms with Gasteiger partial charge in [-0.05, 0) is 12.1 Å². The van der Waals surface area contributed by atoms with E-state index in [2.05, 4.69) is 0 Å². The van der Waals surface area contributed by atoms with Crippen molar-refractivity contribution in [2.45, 2.75) is 0 Å². The van der Waals surface area contributed by atoms with E-state index in [1.807, 2.05) is 0 Å². The zero-order valence-electron chi connectivity index (χ0n) is 8.54. The highest BCUT2D eigenvalue weighted by Crippen LogP contribution is 2.24. The number of hydrogen-bond donors (Lipinski definition) is 1. The van der Waals surface area contributed by atoms with Gasteiger partial charge in [0.15, 0.2) is 0 Å². The summed E-state index contributed by atoms with van der Waals surface area (Å²) in [6.45, 7) is 0. The minimum absolute atomic E-state index is 0.0788. The third-order valence-corrected chi connectivity index (χ3v) is 1.85. The molecular formula is C10H10N2O4. The standard InChI is InChI=1S/C10H10N2O4/c1-16-9-4-3-8(12(14)15)6-7(9)2-5-10(11)13/h2-6H,1H3,(H2,11,13)/b5-2+. The van der Waals surface area contributed by atoms with Gasteiger partial charge in [-0.2, -0.15) is 0 Å². The van der Waals surface area contributed by atoms with Gasteiger partial charge in [0.1, 0.15) is 5.75 Å². The number of nitrogens with two attached hydrogens (primary N) is 1. The smallest absolute Gasteiger partial charge is 0.270 e. The monoisotopic (exact) mass is 222 g/mol. The zero-order valence-corrected chi connectivity index (χ0v) is 8.54. The van der Waals surface area contributed by atoms with Crippen LogP contribution in [-0.2, 0) is 4.79 Å². The van der Waals surface area contributed by atoms with Gasteiger partial charge in [-0.1, -0.05) is 0 Å². The highest BCUT2D eigenvalue weighted by Gasteiger charge is 2.09. The normalized spacial score (nSPS) is 10.3. The van der Waals surface area contributed by atoms with E-state index in [1.165, 1.54) is 31.4 Å². The summed E-state index contributed by atoms with van der Waals surface area (Å²) < 4.78 is 4.99. The molecule has 16 heavy (non-hydrogen) atoms. The van der Waals surface area contributed by atoms with Crippen molar-refractivity contribution in [1.29, 1.82) is 0 Å². The van der Waals surface area contributed by atoms with Gasteiger partial charge in [-0.25, -0.2) is 0 Å². The molecule has 6 heteroatoms. The van der Waals surface area contributed by atoms with Gasteiger partial charge in [-0.3, -0.25) is 14.9 Å². The highest BCUT2D eigenvalue weighted by atomic mass is 16.6. The van der Waals surface area contributed by atoms with Crippen LogP contribution in [0.15, 0.2) is 24.3 Å². The maximum absolute atomic E-state index is 10.6. The van der Waals surface area contributed by atoms with Crippen LogP contribution in [0.3, 0.4) is 0 Å². The molecule has 0 spiro atoms. The lowest BCUT2D eigenvalue weighted by molar-refractivity contribution is -0.384. The quantitative estimate of drug-likeness (QED) is 0.468. The van der Waals surface area contributed by atoms with Crippen molar-refractivity contribution in [2.75, 3.05) is 7.11 Å². The first-order chi connectivity index (χ1) is 7.54. The molecule has 0 aliphatic heterocycles. The molecule has 0 aliphatic rings. The average molecular weight is 222 g/mol. The van der Waals surface area contributed by atoms with Gasteiger partial charge in [-0.15, -0.1) is 0 Å². The number of rotatable bonds is 4. The molecule has 0 atom stereocenters. The maximum atomic E-state index is 10.6. The number of ether oxygens (including phenoxy) is 1. The number of hydrogen-bond acceptors (Lipinski definition) is 4. The molecule has 0 fully saturated rings. The molecule has 0 unspecified atom stereocenters. The molecule has 0 saturated heterocycles. The summed E-state index contributed by atoms with van der Waals surface area (Å²) in [6.07, 6.45) is 2.48. The summed E-state index contributed by atoms with van der Waals surface area (Å²) in [4.78, 5) is 20.6. The number of carbonyl (C=O) groups is 1. The lowest BCUT2D eigenvalue weighted by Crippen LogP contribution is -2.05. The molecule has 0 aromatic heterocycles. The minimum atomic E-state index is -0.631. The molecule has 0 aliphatic carbocycles. The zero-order chi connectivity index (χ0) is 12.1. The molecular weight excluding hydrogens is 212 g/mol. The fourth-order valence-electron chi connectivity index (χ4n) is 1.14. The fourth-order valence-corrected chi connectivity index (χ4v) is 1.14. The topological polar surface area (TPSA) is 95.5 Å². The first-order valence-electron chi connectivity index (χ1n) is 4.34. The first kappa shape index (κ1) is 11.7. The Balaban J connectivity index is 3.16. The van der Waals surface area contributed by atoms with E-state index in [9.17, 15) is 14.9 Å². The predicted octanol–water partition coefficient (Wildman–Crippen LogP) is 1.10. The minimum Gasteiger partial charge on any atom is -0.496 e. The number of methoxy groups -OCH3 is 1. The predicted molar refractivity (Wildman–Crippen MR) is 57.9 cm³/mol. The van der Waals surface area contributed by atoms with Crippen LogP contribution in [0.25, 0.3) is 6.08 Å². The Hall–Kier alpha value is -2.37. The number of non-ortho nitro benzene ring substituents is 1. The number of primary amides is 1. The molecule has 84 valence electrons. The van der Waals surface area contributed by atoms with Crippen molar-refractivity contribution in [3.05, 3.63) is 40.0 Å². The Bertz CT molecular complexity index is 454. The van der Waals surface area contributed by atoms with Crippen LogP contribution in [-0.4, -0.2) is 17.9 Å². The molecule has 0 saturated carbocycles. The van der Waals surface area contributed by atoms with E-state index in [4.69, 9.17) is 10.5 Å². The molecule has 1 rings (SSSR count). The van der Waals surface area contributed by atoms with Crippen molar-refractivity contribution in [3.8, 4) is 5.75 Å². The van der Waals surface area contributed by atoms with Crippen molar-refractivity contribution < 1.29 is 14.5 Å². The molecule has 0 heterocycles. The Morgan fingerprint density at radius 1 is 1.56 bits per heavy atom. The van der Waals surface area contributed by atoms with Crippen LogP contribution in [0.5, 0.6) is 5.75 Å². The second kappa shape index (κ2) is 4.92. The van der Waals surface area contributed by atoms with E-state index < -0.39 is 10.8 Å². The van der Waals surface area contributed by atoms with Gasteiger partial charge < -0.3 is 10.5 Å². The lowest BCUT2D eigenvalue weighted by atomic mass is 10.1. The second-order valence-electron chi connectivity index (χ2n) is 2.92. The summed E-state index contributed by atoms with van der Waals surface area (Å²) in [7, 11) is 1.43. The van der Waals surface area contributed by atoms with E-state index in [0.717, 1.165) is 6.08 Å². The highest BCUT2D eigenvalue weighted by molar-refractivity contribution is 5.90. The Kier molecular flexibility index (Phi) is 3.60. The average Bonchev–Trinajstić information content (AvgIpc) is 2.25. The van der Waals surface area contributed by atoms with Crippen LogP contribution >= 0.6 is 0 Å². The summed E-state index contributed by atoms with van der Waals surface area (Å²) in [5.74, 6) is -0.198. The van der Waals surface area contributed by atoms with Gasteiger partial charge in [0.2, 0.25) is 5.91 Å². The third kappa shape index (κ3) is 2.81. The van der Waals surface area contributed by atoms with Gasteiger partial charge in [0, 0.05) is 23.8 Å². The second-order valence-corrected chi connectivity index (χ2v) is 2.92. The number of nitrogens with zero attached hydrogens (tertiary/aromatic N) is 1. The lowest BCUT2D eigenvalue weighted by Gasteiger charge is -2.03. The third-order valence-electron chi connectivity index (χ3n) is 1.85. The molecule has 0 bridgehead atoms. The largest absolute Gasteiger partial charge is 0.496 e. The van der Waals surface area contributed by atoms with Gasteiger partial charge >= 0.3 is 0 Å². The van der Waals surface area contributed by atoms with Crippen LogP contribution < -0.4 is 10.5 Å². The molecule has 1 amide bonds. The molecule has 6 nitrogen and oxygen atoms in total. The molecule has 2 N–H and O–H groups in total. The van der Waals surface area contributed by atoms with Gasteiger partial charge in [0.25, 0.3) is 5.69 Å². The number of amides is 1. The number of nitro benzene ring substituents is 1. The first-order valence-corrected chi connectivity index (χ1v) is 4.34. The Morgan fingerprint density at radius 3 is 2.75 bits per heavy atom. The Morgan fingerprint density at radius 2 is 2.25 bits per heavy atom. The van der Waals surface area contributed by atoms with Crippen molar-refractivity contribution >= 4 is 17.7 Å². The number of benzene rings is 1. The fraction of sp³-hybridized carbons (Fsp3) is 0.100. The number of nitro groups is 1. The van der Waals surface area contributed by atoms with Crippen molar-refractivity contribution in [2.24, 2.45) is 5.73 Å². The van der Waals surface area contributed by atoms with Crippen LogP contribution in [0.4, 0.5) is 5.69 Å². The van der Waals surface area contributed by atoms with Crippen molar-refractivity contribution in [1.82, 2.24) is 0 Å². The molecule has 1 aromatic carbocycles. The Labute approximate surface area is 91.5 Å². The van der Waals surface area contributed by atoms with E-state index in [-0.39, 0.29) is 5.69 Å². The van der Waals surface area contributed by atoms with E-state index in [0.29, 0.717) is 11.3 Å². The SMILES string of the molecule is COc1ccc([N+](=O)[O-])cc1/C=C/C(N)=O. The van der Waals surface area contributed by atoms with Gasteiger partial charge in [0.05, 0.1) is 12.0 Å². The molecule has 0 radical (unpaired) electrons. The van der Waals surface area contributed by atoms with E-state index >= 15 is 0 Å². The molecule has 1 aromatic rings. The van der Waals surface area contributed by atoms with Crippen LogP contribution in [0.2, 0.25) is 0 Å². The van der Waals surface area contributed by atoms with Crippen molar-refractivity contribution in [3.63, 3.8) is 0 Å². The summed E-state index contributed by atoms with van der Waals surface area (Å²) in [6, 6.07) is 4.08. The van der Waals surface area contributed by atoms with Crippen LogP contribution in [0.1, 0.15) is 5.56 Å².